The number of carbonyl (C=O) groups excluding carboxylic acids is 1. The number of fused-ring (bicyclic) bond motifs is 1. The van der Waals surface area contributed by atoms with Crippen LogP contribution < -0.4 is 9.64 Å². The number of aromatic nitrogens is 4. The van der Waals surface area contributed by atoms with Gasteiger partial charge in [0.1, 0.15) is 17.9 Å². The number of hydrogen-bond donors (Lipinski definition) is 1. The number of ether oxygens (including phenoxy) is 2. The number of likely N-dealkylation sites (tertiary alicyclic amines) is 1. The zero-order chi connectivity index (χ0) is 20.2. The highest BCUT2D eigenvalue weighted by Gasteiger charge is 2.30. The van der Waals surface area contributed by atoms with Gasteiger partial charge in [-0.1, -0.05) is 0 Å². The maximum atomic E-state index is 12.1. The van der Waals surface area contributed by atoms with Crippen LogP contribution in [0, 0.1) is 0 Å². The lowest BCUT2D eigenvalue weighted by Gasteiger charge is -2.39. The van der Waals surface area contributed by atoms with Gasteiger partial charge in [0.2, 0.25) is 0 Å². The van der Waals surface area contributed by atoms with Crippen molar-refractivity contribution in [1.29, 1.82) is 0 Å². The molecule has 29 heavy (non-hydrogen) atoms. The normalized spacial score (nSPS) is 14.8. The lowest BCUT2D eigenvalue weighted by atomic mass is 10.0. The zero-order valence-electron chi connectivity index (χ0n) is 16.5. The minimum absolute atomic E-state index is 0.169. The number of nitrogens with one attached hydrogen (secondary N) is 1. The monoisotopic (exact) mass is 396 g/mol. The van der Waals surface area contributed by atoms with E-state index >= 15 is 0 Å². The van der Waals surface area contributed by atoms with Crippen LogP contribution >= 0.6 is 0 Å². The maximum Gasteiger partial charge on any atom is 0.409 e. The highest BCUT2D eigenvalue weighted by atomic mass is 16.6. The molecule has 0 spiro atoms. The molecule has 1 fully saturated rings. The van der Waals surface area contributed by atoms with E-state index in [1.54, 1.807) is 24.5 Å². The van der Waals surface area contributed by atoms with Gasteiger partial charge in [0.05, 0.1) is 25.3 Å². The summed E-state index contributed by atoms with van der Waals surface area (Å²) in [6, 6.07) is 8.07. The Morgan fingerprint density at radius 3 is 2.69 bits per heavy atom. The standard InChI is InChI=1S/C20H24N6O3/c1-3-29-20(27)25-10-8-15(9-11-25)26(14-4-6-16(28-2)7-5-14)19-17-12-23-24-18(17)21-13-22-19/h4-7,12-13,15H,3,8-11H2,1-2H3,(H,21,22,23,24). The van der Waals surface area contributed by atoms with Gasteiger partial charge in [-0.15, -0.1) is 0 Å². The van der Waals surface area contributed by atoms with Crippen molar-refractivity contribution >= 4 is 28.6 Å². The van der Waals surface area contributed by atoms with Crippen LogP contribution in [-0.2, 0) is 4.74 Å². The summed E-state index contributed by atoms with van der Waals surface area (Å²) in [5.74, 6) is 1.59. The van der Waals surface area contributed by atoms with Crippen molar-refractivity contribution in [2.75, 3.05) is 31.7 Å². The predicted octanol–water partition coefficient (Wildman–Crippen LogP) is 3.12. The molecular weight excluding hydrogens is 372 g/mol. The number of H-pyrrole nitrogens is 1. The van der Waals surface area contributed by atoms with Crippen molar-refractivity contribution in [2.45, 2.75) is 25.8 Å². The van der Waals surface area contributed by atoms with Gasteiger partial charge in [0.25, 0.3) is 0 Å². The largest absolute Gasteiger partial charge is 0.497 e. The van der Waals surface area contributed by atoms with Gasteiger partial charge in [0, 0.05) is 24.8 Å². The summed E-state index contributed by atoms with van der Waals surface area (Å²) in [4.78, 5) is 24.9. The summed E-state index contributed by atoms with van der Waals surface area (Å²) in [6.45, 7) is 3.48. The fraction of sp³-hybridized carbons (Fsp3) is 0.400. The Kier molecular flexibility index (Phi) is 5.46. The molecule has 0 atom stereocenters. The Bertz CT molecular complexity index is 966. The fourth-order valence-electron chi connectivity index (χ4n) is 3.71. The van der Waals surface area contributed by atoms with E-state index in [-0.39, 0.29) is 12.1 Å². The molecule has 0 unspecified atom stereocenters. The second kappa shape index (κ2) is 8.34. The van der Waals surface area contributed by atoms with E-state index in [2.05, 4.69) is 25.1 Å². The predicted molar refractivity (Wildman–Crippen MR) is 108 cm³/mol. The van der Waals surface area contributed by atoms with Crippen LogP contribution in [0.2, 0.25) is 0 Å². The van der Waals surface area contributed by atoms with Crippen molar-refractivity contribution in [1.82, 2.24) is 25.1 Å². The molecule has 9 heteroatoms. The highest BCUT2D eigenvalue weighted by molar-refractivity contribution is 5.89. The number of benzene rings is 1. The summed E-state index contributed by atoms with van der Waals surface area (Å²) < 4.78 is 10.4. The number of methoxy groups -OCH3 is 1. The third-order valence-electron chi connectivity index (χ3n) is 5.16. The number of aromatic amines is 1. The minimum atomic E-state index is -0.249. The van der Waals surface area contributed by atoms with Crippen molar-refractivity contribution in [3.05, 3.63) is 36.8 Å². The first-order chi connectivity index (χ1) is 14.2. The Balaban J connectivity index is 1.66. The van der Waals surface area contributed by atoms with Crippen LogP contribution in [0.3, 0.4) is 0 Å². The maximum absolute atomic E-state index is 12.1. The van der Waals surface area contributed by atoms with Gasteiger partial charge in [0.15, 0.2) is 5.65 Å². The van der Waals surface area contributed by atoms with E-state index in [4.69, 9.17) is 9.47 Å². The second-order valence-electron chi connectivity index (χ2n) is 6.81. The number of amides is 1. The summed E-state index contributed by atoms with van der Waals surface area (Å²) in [6.07, 6.45) is 4.64. The molecule has 1 aliphatic heterocycles. The lowest BCUT2D eigenvalue weighted by Crippen LogP contribution is -2.45. The van der Waals surface area contributed by atoms with E-state index in [0.29, 0.717) is 25.3 Å². The van der Waals surface area contributed by atoms with Gasteiger partial charge >= 0.3 is 6.09 Å². The molecule has 1 N–H and O–H groups in total. The number of piperidine rings is 1. The van der Waals surface area contributed by atoms with Crippen LogP contribution in [-0.4, -0.2) is 64.0 Å². The molecule has 9 nitrogen and oxygen atoms in total. The van der Waals surface area contributed by atoms with Crippen molar-refractivity contribution in [3.63, 3.8) is 0 Å². The van der Waals surface area contributed by atoms with Crippen molar-refractivity contribution in [2.24, 2.45) is 0 Å². The van der Waals surface area contributed by atoms with Gasteiger partial charge in [-0.25, -0.2) is 14.8 Å². The van der Waals surface area contributed by atoms with Gasteiger partial charge < -0.3 is 19.3 Å². The van der Waals surface area contributed by atoms with Crippen molar-refractivity contribution in [3.8, 4) is 5.75 Å². The lowest BCUT2D eigenvalue weighted by molar-refractivity contribution is 0.0973. The van der Waals surface area contributed by atoms with Crippen LogP contribution in [0.1, 0.15) is 19.8 Å². The third kappa shape index (κ3) is 3.80. The zero-order valence-corrected chi connectivity index (χ0v) is 16.5. The molecule has 1 saturated heterocycles. The summed E-state index contributed by atoms with van der Waals surface area (Å²) in [5, 5.41) is 7.89. The molecule has 3 aromatic rings. The number of rotatable bonds is 5. The first kappa shape index (κ1) is 19.0. The Morgan fingerprint density at radius 2 is 2.00 bits per heavy atom. The molecule has 1 aromatic carbocycles. The molecule has 0 radical (unpaired) electrons. The fourth-order valence-corrected chi connectivity index (χ4v) is 3.71. The first-order valence-corrected chi connectivity index (χ1v) is 9.70. The van der Waals surface area contributed by atoms with Crippen LogP contribution in [0.15, 0.2) is 36.8 Å². The summed E-state index contributed by atoms with van der Waals surface area (Å²) >= 11 is 0. The van der Waals surface area contributed by atoms with Gasteiger partial charge in [-0.2, -0.15) is 5.10 Å². The molecule has 0 saturated carbocycles. The molecule has 4 rings (SSSR count). The quantitative estimate of drug-likeness (QED) is 0.708. The molecule has 2 aromatic heterocycles. The topological polar surface area (TPSA) is 96.5 Å². The number of carbonyl (C=O) groups is 1. The second-order valence-corrected chi connectivity index (χ2v) is 6.81. The summed E-state index contributed by atoms with van der Waals surface area (Å²) in [7, 11) is 1.65. The molecule has 0 bridgehead atoms. The number of anilines is 2. The minimum Gasteiger partial charge on any atom is -0.497 e. The van der Waals surface area contributed by atoms with Crippen LogP contribution in [0.5, 0.6) is 5.75 Å². The Labute approximate surface area is 168 Å². The molecule has 0 aliphatic carbocycles. The van der Waals surface area contributed by atoms with E-state index < -0.39 is 0 Å². The van der Waals surface area contributed by atoms with Gasteiger partial charge in [-0.05, 0) is 44.0 Å². The highest BCUT2D eigenvalue weighted by Crippen LogP contribution is 2.35. The van der Waals surface area contributed by atoms with E-state index in [9.17, 15) is 4.79 Å². The smallest absolute Gasteiger partial charge is 0.409 e. The van der Waals surface area contributed by atoms with E-state index in [0.717, 1.165) is 35.5 Å². The SMILES string of the molecule is CCOC(=O)N1CCC(N(c2ccc(OC)cc2)c2ncnc3[nH]ncc23)CC1. The Hall–Kier alpha value is -3.36. The van der Waals surface area contributed by atoms with Crippen molar-refractivity contribution < 1.29 is 14.3 Å². The molecule has 1 amide bonds. The van der Waals surface area contributed by atoms with E-state index in [1.807, 2.05) is 31.2 Å². The number of nitrogens with zero attached hydrogens (tertiary/aromatic N) is 5. The number of hydrogen-bond acceptors (Lipinski definition) is 7. The average Bonchev–Trinajstić information content (AvgIpc) is 3.25. The average molecular weight is 396 g/mol. The molecular formula is C20H24N6O3. The van der Waals surface area contributed by atoms with Crippen LogP contribution in [0.4, 0.5) is 16.3 Å². The molecule has 152 valence electrons. The Morgan fingerprint density at radius 1 is 1.24 bits per heavy atom. The third-order valence-corrected chi connectivity index (χ3v) is 5.16. The first-order valence-electron chi connectivity index (χ1n) is 9.70. The molecule has 1 aliphatic rings. The van der Waals surface area contributed by atoms with Crippen LogP contribution in [0.25, 0.3) is 11.0 Å². The van der Waals surface area contributed by atoms with E-state index in [1.165, 1.54) is 0 Å². The summed E-state index contributed by atoms with van der Waals surface area (Å²) in [5.41, 5.74) is 1.69. The molecule has 3 heterocycles. The van der Waals surface area contributed by atoms with Gasteiger partial charge in [-0.3, -0.25) is 5.10 Å².